The van der Waals surface area contributed by atoms with Crippen molar-refractivity contribution in [1.29, 1.82) is 0 Å². The van der Waals surface area contributed by atoms with Gasteiger partial charge < -0.3 is 20.1 Å². The number of benzene rings is 1. The van der Waals surface area contributed by atoms with Crippen molar-refractivity contribution < 1.29 is 14.3 Å². The van der Waals surface area contributed by atoms with Crippen molar-refractivity contribution >= 4 is 11.7 Å². The number of anilines is 1. The first-order valence-electron chi connectivity index (χ1n) is 8.16. The Morgan fingerprint density at radius 1 is 1.42 bits per heavy atom. The molecule has 0 bridgehead atoms. The van der Waals surface area contributed by atoms with Crippen molar-refractivity contribution in [1.82, 2.24) is 15.1 Å². The summed E-state index contributed by atoms with van der Waals surface area (Å²) in [4.78, 5) is 11.9. The zero-order valence-corrected chi connectivity index (χ0v) is 13.5. The van der Waals surface area contributed by atoms with Crippen LogP contribution in [0.5, 0.6) is 5.75 Å². The summed E-state index contributed by atoms with van der Waals surface area (Å²) in [6.45, 7) is 2.50. The molecule has 7 heteroatoms. The smallest absolute Gasteiger partial charge is 0.319 e. The fraction of sp³-hybridized carbons (Fsp3) is 0.412. The van der Waals surface area contributed by atoms with Crippen molar-refractivity contribution in [2.45, 2.75) is 25.5 Å². The molecule has 0 spiro atoms. The fourth-order valence-corrected chi connectivity index (χ4v) is 2.54. The molecule has 128 valence electrons. The molecule has 1 atom stereocenters. The molecule has 7 nitrogen and oxygen atoms in total. The fourth-order valence-electron chi connectivity index (χ4n) is 2.54. The lowest BCUT2D eigenvalue weighted by atomic mass is 10.2. The first kappa shape index (κ1) is 16.3. The SMILES string of the molecule is O=C(NCC1CCCO1)Nc1cccc(OCCn2cccn2)c1. The predicted molar refractivity (Wildman–Crippen MR) is 90.2 cm³/mol. The van der Waals surface area contributed by atoms with Crippen LogP contribution in [0.25, 0.3) is 0 Å². The van der Waals surface area contributed by atoms with Crippen LogP contribution < -0.4 is 15.4 Å². The number of hydrogen-bond acceptors (Lipinski definition) is 4. The van der Waals surface area contributed by atoms with E-state index >= 15 is 0 Å². The van der Waals surface area contributed by atoms with Crippen molar-refractivity contribution in [3.8, 4) is 5.75 Å². The zero-order valence-electron chi connectivity index (χ0n) is 13.5. The molecule has 0 saturated carbocycles. The largest absolute Gasteiger partial charge is 0.492 e. The van der Waals surface area contributed by atoms with Crippen LogP contribution in [0.15, 0.2) is 42.7 Å². The summed E-state index contributed by atoms with van der Waals surface area (Å²) in [6.07, 6.45) is 5.82. The van der Waals surface area contributed by atoms with Crippen LogP contribution >= 0.6 is 0 Å². The maximum Gasteiger partial charge on any atom is 0.319 e. The second kappa shape index (κ2) is 8.35. The summed E-state index contributed by atoms with van der Waals surface area (Å²) >= 11 is 0. The third-order valence-corrected chi connectivity index (χ3v) is 3.75. The Balaban J connectivity index is 1.42. The predicted octanol–water partition coefficient (Wildman–Crippen LogP) is 2.26. The molecule has 2 aromatic rings. The van der Waals surface area contributed by atoms with Crippen LogP contribution in [0, 0.1) is 0 Å². The summed E-state index contributed by atoms with van der Waals surface area (Å²) in [5, 5.41) is 9.75. The minimum atomic E-state index is -0.237. The summed E-state index contributed by atoms with van der Waals surface area (Å²) < 4.78 is 13.0. The average Bonchev–Trinajstić information content (AvgIpc) is 3.27. The average molecular weight is 330 g/mol. The van der Waals surface area contributed by atoms with Crippen LogP contribution in [0.2, 0.25) is 0 Å². The lowest BCUT2D eigenvalue weighted by molar-refractivity contribution is 0.112. The van der Waals surface area contributed by atoms with E-state index in [4.69, 9.17) is 9.47 Å². The van der Waals surface area contributed by atoms with Crippen molar-refractivity contribution in [2.24, 2.45) is 0 Å². The maximum absolute atomic E-state index is 11.9. The Morgan fingerprint density at radius 3 is 3.17 bits per heavy atom. The van der Waals surface area contributed by atoms with E-state index in [2.05, 4.69) is 15.7 Å². The second-order valence-corrected chi connectivity index (χ2v) is 5.62. The molecule has 1 aliphatic heterocycles. The van der Waals surface area contributed by atoms with E-state index in [9.17, 15) is 4.79 Å². The maximum atomic E-state index is 11.9. The molecule has 1 unspecified atom stereocenters. The van der Waals surface area contributed by atoms with Crippen LogP contribution in [0.1, 0.15) is 12.8 Å². The lowest BCUT2D eigenvalue weighted by Gasteiger charge is -2.12. The third kappa shape index (κ3) is 4.99. The summed E-state index contributed by atoms with van der Waals surface area (Å²) in [5.41, 5.74) is 0.691. The van der Waals surface area contributed by atoms with Gasteiger partial charge >= 0.3 is 6.03 Å². The number of ether oxygens (including phenoxy) is 2. The van der Waals surface area contributed by atoms with Gasteiger partial charge in [-0.1, -0.05) is 6.07 Å². The Morgan fingerprint density at radius 2 is 2.38 bits per heavy atom. The summed E-state index contributed by atoms with van der Waals surface area (Å²) in [5.74, 6) is 0.707. The van der Waals surface area contributed by atoms with Crippen LogP contribution in [0.4, 0.5) is 10.5 Å². The molecule has 1 fully saturated rings. The number of nitrogens with zero attached hydrogens (tertiary/aromatic N) is 2. The minimum absolute atomic E-state index is 0.132. The number of aromatic nitrogens is 2. The topological polar surface area (TPSA) is 77.4 Å². The quantitative estimate of drug-likeness (QED) is 0.816. The number of urea groups is 1. The van der Waals surface area contributed by atoms with Gasteiger partial charge in [0.2, 0.25) is 0 Å². The van der Waals surface area contributed by atoms with Gasteiger partial charge in [0.15, 0.2) is 0 Å². The molecule has 2 heterocycles. The highest BCUT2D eigenvalue weighted by Crippen LogP contribution is 2.17. The van der Waals surface area contributed by atoms with Gasteiger partial charge in [0.25, 0.3) is 0 Å². The van der Waals surface area contributed by atoms with Crippen LogP contribution in [0.3, 0.4) is 0 Å². The Kier molecular flexibility index (Phi) is 5.68. The molecule has 24 heavy (non-hydrogen) atoms. The number of nitrogens with one attached hydrogen (secondary N) is 2. The van der Waals surface area contributed by atoms with Gasteiger partial charge in [-0.3, -0.25) is 4.68 Å². The van der Waals surface area contributed by atoms with Crippen molar-refractivity contribution in [3.05, 3.63) is 42.7 Å². The number of hydrogen-bond donors (Lipinski definition) is 2. The highest BCUT2D eigenvalue weighted by atomic mass is 16.5. The van der Waals surface area contributed by atoms with E-state index in [1.165, 1.54) is 0 Å². The van der Waals surface area contributed by atoms with Gasteiger partial charge in [-0.05, 0) is 31.0 Å². The summed E-state index contributed by atoms with van der Waals surface area (Å²) in [6, 6.07) is 8.97. The van der Waals surface area contributed by atoms with E-state index in [0.717, 1.165) is 19.4 Å². The molecule has 1 aliphatic rings. The Labute approximate surface area is 140 Å². The molecular weight excluding hydrogens is 308 g/mol. The van der Waals surface area contributed by atoms with Gasteiger partial charge in [0, 0.05) is 37.3 Å². The molecule has 3 rings (SSSR count). The molecule has 0 radical (unpaired) electrons. The standard InChI is InChI=1S/C17H22N4O3/c22-17(18-13-16-6-2-10-23-16)20-14-4-1-5-15(12-14)24-11-9-21-8-3-7-19-21/h1,3-5,7-8,12,16H,2,6,9-11,13H2,(H2,18,20,22). The normalized spacial score (nSPS) is 16.8. The van der Waals surface area contributed by atoms with Crippen LogP contribution in [-0.4, -0.2) is 41.7 Å². The minimum Gasteiger partial charge on any atom is -0.492 e. The van der Waals surface area contributed by atoms with E-state index in [1.807, 2.05) is 30.5 Å². The zero-order chi connectivity index (χ0) is 16.6. The number of carbonyl (C=O) groups is 1. The third-order valence-electron chi connectivity index (χ3n) is 3.75. The monoisotopic (exact) mass is 330 g/mol. The highest BCUT2D eigenvalue weighted by molar-refractivity contribution is 5.89. The highest BCUT2D eigenvalue weighted by Gasteiger charge is 2.16. The second-order valence-electron chi connectivity index (χ2n) is 5.62. The van der Waals surface area contributed by atoms with Crippen molar-refractivity contribution in [2.75, 3.05) is 25.1 Å². The molecule has 1 aromatic heterocycles. The first-order valence-corrected chi connectivity index (χ1v) is 8.16. The van der Waals surface area contributed by atoms with Crippen molar-refractivity contribution in [3.63, 3.8) is 0 Å². The molecule has 1 aromatic carbocycles. The van der Waals surface area contributed by atoms with Gasteiger partial charge in [0.1, 0.15) is 12.4 Å². The number of amides is 2. The van der Waals surface area contributed by atoms with Gasteiger partial charge in [0.05, 0.1) is 12.6 Å². The molecule has 2 amide bonds. The van der Waals surface area contributed by atoms with E-state index in [1.54, 1.807) is 16.9 Å². The van der Waals surface area contributed by atoms with Gasteiger partial charge in [-0.2, -0.15) is 5.10 Å². The number of carbonyl (C=O) groups excluding carboxylic acids is 1. The Bertz CT molecular complexity index is 639. The Hall–Kier alpha value is -2.54. The number of rotatable bonds is 7. The molecule has 2 N–H and O–H groups in total. The lowest BCUT2D eigenvalue weighted by Crippen LogP contribution is -2.35. The van der Waals surface area contributed by atoms with Gasteiger partial charge in [-0.15, -0.1) is 0 Å². The molecule has 0 aliphatic carbocycles. The first-order chi connectivity index (χ1) is 11.8. The van der Waals surface area contributed by atoms with E-state index < -0.39 is 0 Å². The molecular formula is C17H22N4O3. The van der Waals surface area contributed by atoms with Gasteiger partial charge in [-0.25, -0.2) is 4.79 Å². The van der Waals surface area contributed by atoms with E-state index in [-0.39, 0.29) is 12.1 Å². The van der Waals surface area contributed by atoms with Crippen LogP contribution in [-0.2, 0) is 11.3 Å². The van der Waals surface area contributed by atoms with E-state index in [0.29, 0.717) is 31.1 Å². The molecule has 1 saturated heterocycles. The summed E-state index contributed by atoms with van der Waals surface area (Å²) in [7, 11) is 0.